The third-order valence-electron chi connectivity index (χ3n) is 2.97. The Bertz CT molecular complexity index is 114. The predicted molar refractivity (Wildman–Crippen MR) is 47.8 cm³/mol. The van der Waals surface area contributed by atoms with Gasteiger partial charge in [0.1, 0.15) is 0 Å². The number of hydrogen-bond acceptors (Lipinski definition) is 0. The second-order valence-corrected chi connectivity index (χ2v) is 5.19. The van der Waals surface area contributed by atoms with Crippen molar-refractivity contribution in [2.24, 2.45) is 17.8 Å². The lowest BCUT2D eigenvalue weighted by molar-refractivity contribution is 0.0899. The van der Waals surface area contributed by atoms with Crippen LogP contribution in [-0.2, 0) is 0 Å². The molecule has 2 bridgehead atoms. The van der Waals surface area contributed by atoms with E-state index in [1.165, 1.54) is 6.42 Å². The minimum atomic E-state index is 1.01. The zero-order chi connectivity index (χ0) is 6.43. The summed E-state index contributed by atoms with van der Waals surface area (Å²) in [5.74, 6) is 3.26. The Morgan fingerprint density at radius 1 is 1.22 bits per heavy atom. The van der Waals surface area contributed by atoms with Gasteiger partial charge >= 0.3 is 0 Å². The van der Waals surface area contributed by atoms with Gasteiger partial charge in [-0.2, -0.15) is 0 Å². The topological polar surface area (TPSA) is 0 Å². The lowest BCUT2D eigenvalue weighted by atomic mass is 9.62. The summed E-state index contributed by atoms with van der Waals surface area (Å²) in [5.41, 5.74) is 0. The molecule has 0 heterocycles. The second kappa shape index (κ2) is 2.11. The van der Waals surface area contributed by atoms with Crippen LogP contribution in [0.1, 0.15) is 26.2 Å². The van der Waals surface area contributed by atoms with Crippen molar-refractivity contribution >= 4 is 22.6 Å². The molecule has 2 atom stereocenters. The van der Waals surface area contributed by atoms with Gasteiger partial charge in [0, 0.05) is 3.92 Å². The molecule has 0 aromatic heterocycles. The minimum Gasteiger partial charge on any atom is -0.0820 e. The number of fused-ring (bicyclic) bond motifs is 2. The molecule has 2 unspecified atom stereocenters. The van der Waals surface area contributed by atoms with E-state index in [-0.39, 0.29) is 0 Å². The van der Waals surface area contributed by atoms with Crippen LogP contribution in [-0.4, -0.2) is 3.92 Å². The molecule has 9 heavy (non-hydrogen) atoms. The zero-order valence-corrected chi connectivity index (χ0v) is 7.97. The maximum absolute atomic E-state index is 2.65. The van der Waals surface area contributed by atoms with Crippen LogP contribution in [0.25, 0.3) is 0 Å². The van der Waals surface area contributed by atoms with Crippen LogP contribution in [0.3, 0.4) is 0 Å². The molecule has 0 aromatic carbocycles. The van der Waals surface area contributed by atoms with Crippen molar-refractivity contribution < 1.29 is 0 Å². The van der Waals surface area contributed by atoms with Crippen LogP contribution < -0.4 is 0 Å². The van der Waals surface area contributed by atoms with Crippen molar-refractivity contribution in [1.82, 2.24) is 0 Å². The van der Waals surface area contributed by atoms with E-state index in [2.05, 4.69) is 29.5 Å². The molecule has 0 saturated heterocycles. The van der Waals surface area contributed by atoms with Crippen LogP contribution in [0.4, 0.5) is 0 Å². The molecule has 0 amide bonds. The average molecular weight is 236 g/mol. The van der Waals surface area contributed by atoms with Gasteiger partial charge in [-0.1, -0.05) is 29.5 Å². The first-order valence-electron chi connectivity index (χ1n) is 3.91. The highest BCUT2D eigenvalue weighted by atomic mass is 127. The highest BCUT2D eigenvalue weighted by Crippen LogP contribution is 2.50. The van der Waals surface area contributed by atoms with Crippen molar-refractivity contribution in [3.8, 4) is 0 Å². The summed E-state index contributed by atoms with van der Waals surface area (Å²) in [6.45, 7) is 2.41. The summed E-state index contributed by atoms with van der Waals surface area (Å²) in [7, 11) is 0. The van der Waals surface area contributed by atoms with Gasteiger partial charge in [0.15, 0.2) is 0 Å². The monoisotopic (exact) mass is 236 g/mol. The normalized spacial score (nSPS) is 56.7. The first-order valence-corrected chi connectivity index (χ1v) is 5.16. The number of rotatable bonds is 0. The van der Waals surface area contributed by atoms with E-state index in [0.717, 1.165) is 21.7 Å². The molecule has 52 valence electrons. The van der Waals surface area contributed by atoms with Gasteiger partial charge in [0.05, 0.1) is 0 Å². The van der Waals surface area contributed by atoms with Gasteiger partial charge in [-0.15, -0.1) is 0 Å². The maximum Gasteiger partial charge on any atom is 0.0164 e. The van der Waals surface area contributed by atoms with E-state index in [4.69, 9.17) is 0 Å². The van der Waals surface area contributed by atoms with Gasteiger partial charge in [0.2, 0.25) is 0 Å². The molecule has 3 aliphatic carbocycles. The fraction of sp³-hybridized carbons (Fsp3) is 1.00. The van der Waals surface area contributed by atoms with Crippen molar-refractivity contribution in [2.75, 3.05) is 0 Å². The molecule has 0 nitrogen and oxygen atoms in total. The molecule has 1 heteroatoms. The van der Waals surface area contributed by atoms with Crippen molar-refractivity contribution in [3.63, 3.8) is 0 Å². The Kier molecular flexibility index (Phi) is 1.51. The van der Waals surface area contributed by atoms with Crippen LogP contribution >= 0.6 is 22.6 Å². The molecule has 3 aliphatic rings. The molecule has 3 fully saturated rings. The smallest absolute Gasteiger partial charge is 0.0164 e. The molecule has 0 radical (unpaired) electrons. The van der Waals surface area contributed by atoms with E-state index >= 15 is 0 Å². The van der Waals surface area contributed by atoms with Crippen molar-refractivity contribution in [3.05, 3.63) is 0 Å². The Labute approximate surface area is 70.5 Å². The fourth-order valence-corrected chi connectivity index (χ4v) is 3.24. The number of halogens is 1. The fourth-order valence-electron chi connectivity index (χ4n) is 2.36. The van der Waals surface area contributed by atoms with Gasteiger partial charge in [0.25, 0.3) is 0 Å². The van der Waals surface area contributed by atoms with E-state index < -0.39 is 0 Å². The van der Waals surface area contributed by atoms with Crippen LogP contribution in [0, 0.1) is 17.8 Å². The second-order valence-electron chi connectivity index (χ2n) is 3.75. The SMILES string of the molecule is CC1CC2CC(C2)C1I. The standard InChI is InChI=1S/C8H13I/c1-5-2-6-3-7(4-6)8(5)9/h5-8H,2-4H2,1H3. The van der Waals surface area contributed by atoms with Crippen molar-refractivity contribution in [1.29, 1.82) is 0 Å². The molecule has 3 saturated carbocycles. The first kappa shape index (κ1) is 6.44. The predicted octanol–water partition coefficient (Wildman–Crippen LogP) is 2.86. The summed E-state index contributed by atoms with van der Waals surface area (Å²) < 4.78 is 1.01. The Balaban J connectivity index is 2.04. The molecule has 0 spiro atoms. The highest BCUT2D eigenvalue weighted by molar-refractivity contribution is 14.1. The van der Waals surface area contributed by atoms with E-state index in [1.807, 2.05) is 0 Å². The molecular weight excluding hydrogens is 223 g/mol. The molecule has 0 aliphatic heterocycles. The summed E-state index contributed by atoms with van der Waals surface area (Å²) in [6, 6.07) is 0. The van der Waals surface area contributed by atoms with Crippen LogP contribution in [0.5, 0.6) is 0 Å². The van der Waals surface area contributed by atoms with E-state index in [9.17, 15) is 0 Å². The van der Waals surface area contributed by atoms with Gasteiger partial charge < -0.3 is 0 Å². The molecule has 0 aromatic rings. The van der Waals surface area contributed by atoms with Crippen LogP contribution in [0.2, 0.25) is 0 Å². The number of alkyl halides is 1. The summed E-state index contributed by atoms with van der Waals surface area (Å²) in [4.78, 5) is 0. The number of hydrogen-bond donors (Lipinski definition) is 0. The van der Waals surface area contributed by atoms with Crippen molar-refractivity contribution in [2.45, 2.75) is 30.1 Å². The molecular formula is C8H13I. The summed E-state index contributed by atoms with van der Waals surface area (Å²) >= 11 is 2.65. The Morgan fingerprint density at radius 3 is 2.22 bits per heavy atom. The van der Waals surface area contributed by atoms with Gasteiger partial charge in [-0.25, -0.2) is 0 Å². The molecule has 0 N–H and O–H groups in total. The van der Waals surface area contributed by atoms with E-state index in [1.54, 1.807) is 12.8 Å². The quantitative estimate of drug-likeness (QED) is 0.448. The summed E-state index contributed by atoms with van der Waals surface area (Å²) in [5, 5.41) is 0. The van der Waals surface area contributed by atoms with Crippen LogP contribution in [0.15, 0.2) is 0 Å². The molecule has 3 rings (SSSR count). The highest BCUT2D eigenvalue weighted by Gasteiger charge is 2.42. The summed E-state index contributed by atoms with van der Waals surface area (Å²) in [6.07, 6.45) is 4.62. The largest absolute Gasteiger partial charge is 0.0820 e. The minimum absolute atomic E-state index is 1.01. The Hall–Kier alpha value is 0.730. The maximum atomic E-state index is 2.65. The average Bonchev–Trinajstić information content (AvgIpc) is 1.72. The van der Waals surface area contributed by atoms with Gasteiger partial charge in [-0.05, 0) is 37.0 Å². The lowest BCUT2D eigenvalue weighted by Crippen LogP contribution is -2.41. The Morgan fingerprint density at radius 2 is 1.89 bits per heavy atom. The third kappa shape index (κ3) is 0.920. The lowest BCUT2D eigenvalue weighted by Gasteiger charge is -2.48. The van der Waals surface area contributed by atoms with Gasteiger partial charge in [-0.3, -0.25) is 0 Å². The first-order chi connectivity index (χ1) is 4.27. The zero-order valence-electron chi connectivity index (χ0n) is 5.81. The van der Waals surface area contributed by atoms with E-state index in [0.29, 0.717) is 0 Å². The third-order valence-corrected chi connectivity index (χ3v) is 5.22.